The van der Waals surface area contributed by atoms with Crippen LogP contribution in [0.2, 0.25) is 0 Å². The third kappa shape index (κ3) is 7.67. The van der Waals surface area contributed by atoms with Gasteiger partial charge in [0.15, 0.2) is 0 Å². The van der Waals surface area contributed by atoms with Crippen molar-refractivity contribution < 1.29 is 52.0 Å². The summed E-state index contributed by atoms with van der Waals surface area (Å²) in [6.07, 6.45) is 0.170. The van der Waals surface area contributed by atoms with Crippen LogP contribution < -0.4 is 39.0 Å². The Morgan fingerprint density at radius 3 is 2.14 bits per heavy atom. The van der Waals surface area contributed by atoms with Crippen molar-refractivity contribution >= 4 is 42.0 Å². The molecule has 0 amide bonds. The number of hydrogen-bond donors (Lipinski definition) is 0. The Hall–Kier alpha value is 0.690. The smallest absolute Gasteiger partial charge is 0.748 e. The molecule has 0 aliphatic rings. The van der Waals surface area contributed by atoms with Gasteiger partial charge in [-0.1, -0.05) is 31.9 Å². The molecule has 0 N–H and O–H groups in total. The molecule has 114 valence electrons. The number of benzene rings is 1. The summed E-state index contributed by atoms with van der Waals surface area (Å²) < 4.78 is 42.4. The Labute approximate surface area is 164 Å². The van der Waals surface area contributed by atoms with E-state index in [0.717, 1.165) is 16.9 Å². The molecule has 0 bridgehead atoms. The molecule has 0 saturated carbocycles. The first-order chi connectivity index (χ1) is 9.41. The zero-order valence-electron chi connectivity index (χ0n) is 11.9. The van der Waals surface area contributed by atoms with E-state index in [2.05, 4.69) is 31.9 Å². The summed E-state index contributed by atoms with van der Waals surface area (Å²) in [6, 6.07) is 3.71. The van der Waals surface area contributed by atoms with Gasteiger partial charge in [0.1, 0.15) is 11.5 Å². The summed E-state index contributed by atoms with van der Waals surface area (Å²) in [4.78, 5) is 0. The maximum atomic E-state index is 10.5. The fourth-order valence-corrected chi connectivity index (χ4v) is 2.94. The zero-order chi connectivity index (χ0) is 15.2. The summed E-state index contributed by atoms with van der Waals surface area (Å²) in [5, 5.41) is 1.20. The summed E-state index contributed by atoms with van der Waals surface area (Å²) in [7, 11) is -2.59. The first-order valence-corrected chi connectivity index (χ1v) is 9.61. The van der Waals surface area contributed by atoms with E-state index in [9.17, 15) is 13.0 Å². The molecule has 21 heavy (non-hydrogen) atoms. The predicted octanol–water partition coefficient (Wildman–Crippen LogP) is -0.197. The van der Waals surface area contributed by atoms with Gasteiger partial charge in [-0.3, -0.25) is 0 Å². The van der Waals surface area contributed by atoms with Gasteiger partial charge in [0.2, 0.25) is 0 Å². The van der Waals surface area contributed by atoms with Crippen molar-refractivity contribution in [1.82, 2.24) is 0 Å². The van der Waals surface area contributed by atoms with E-state index in [4.69, 9.17) is 9.47 Å². The standard InChI is InChI=1S/C12H16Br2O5S.Na/c1-18-11-5-10(8-14)12(6-9(11)7-13)19-3-2-4-20(15,16)17;/h5-6H,2-4,7-8H2,1H3,(H,15,16,17);/q;+1/p-1. The van der Waals surface area contributed by atoms with Gasteiger partial charge in [0.25, 0.3) is 0 Å². The van der Waals surface area contributed by atoms with Crippen LogP contribution in [0.3, 0.4) is 0 Å². The third-order valence-corrected chi connectivity index (χ3v) is 4.54. The predicted molar refractivity (Wildman–Crippen MR) is 82.9 cm³/mol. The molecule has 0 saturated heterocycles. The molecule has 1 rings (SSSR count). The van der Waals surface area contributed by atoms with Crippen LogP contribution in [0.25, 0.3) is 0 Å². The van der Waals surface area contributed by atoms with Gasteiger partial charge >= 0.3 is 29.6 Å². The van der Waals surface area contributed by atoms with E-state index >= 15 is 0 Å². The summed E-state index contributed by atoms with van der Waals surface area (Å²) in [6.45, 7) is 0.176. The summed E-state index contributed by atoms with van der Waals surface area (Å²) in [5.74, 6) is 0.990. The van der Waals surface area contributed by atoms with Gasteiger partial charge in [-0.15, -0.1) is 0 Å². The summed E-state index contributed by atoms with van der Waals surface area (Å²) in [5.41, 5.74) is 1.83. The molecule has 0 aliphatic heterocycles. The molecule has 0 unspecified atom stereocenters. The van der Waals surface area contributed by atoms with Gasteiger partial charge in [-0.2, -0.15) is 0 Å². The second-order valence-electron chi connectivity index (χ2n) is 4.00. The fraction of sp³-hybridized carbons (Fsp3) is 0.500. The Bertz CT molecular complexity index is 551. The number of methoxy groups -OCH3 is 1. The van der Waals surface area contributed by atoms with E-state index in [0.29, 0.717) is 16.4 Å². The average Bonchev–Trinajstić information content (AvgIpc) is 2.41. The molecule has 1 aromatic rings. The zero-order valence-corrected chi connectivity index (χ0v) is 17.9. The van der Waals surface area contributed by atoms with Crippen LogP contribution in [0.4, 0.5) is 0 Å². The Kier molecular flexibility index (Phi) is 10.8. The second kappa shape index (κ2) is 10.5. The minimum absolute atomic E-state index is 0. The molecule has 9 heteroatoms. The third-order valence-electron chi connectivity index (χ3n) is 2.55. The van der Waals surface area contributed by atoms with E-state index < -0.39 is 15.9 Å². The molecule has 1 aromatic carbocycles. The van der Waals surface area contributed by atoms with Crippen molar-refractivity contribution in [3.63, 3.8) is 0 Å². The number of hydrogen-bond acceptors (Lipinski definition) is 5. The van der Waals surface area contributed by atoms with Gasteiger partial charge in [-0.25, -0.2) is 8.42 Å². The van der Waals surface area contributed by atoms with Crippen LogP contribution in [0.1, 0.15) is 17.5 Å². The SMILES string of the molecule is COc1cc(CBr)c(OCCCS(=O)(=O)[O-])cc1CBr.[Na+]. The molecular weight excluding hydrogens is 439 g/mol. The topological polar surface area (TPSA) is 75.7 Å². The van der Waals surface area contributed by atoms with Crippen LogP contribution in [-0.2, 0) is 20.8 Å². The molecule has 0 spiro atoms. The van der Waals surface area contributed by atoms with Crippen molar-refractivity contribution in [2.45, 2.75) is 17.1 Å². The maximum absolute atomic E-state index is 10.5. The molecular formula is C12H15Br2NaO5S. The van der Waals surface area contributed by atoms with Crippen molar-refractivity contribution in [2.24, 2.45) is 0 Å². The van der Waals surface area contributed by atoms with E-state index in [-0.39, 0.29) is 42.6 Å². The van der Waals surface area contributed by atoms with E-state index in [1.807, 2.05) is 12.1 Å². The van der Waals surface area contributed by atoms with Crippen molar-refractivity contribution in [3.8, 4) is 11.5 Å². The number of ether oxygens (including phenoxy) is 2. The number of halogens is 2. The van der Waals surface area contributed by atoms with E-state index in [1.54, 1.807) is 7.11 Å². The quantitative estimate of drug-likeness (QED) is 0.236. The van der Waals surface area contributed by atoms with Gasteiger partial charge in [0.05, 0.1) is 23.8 Å². The van der Waals surface area contributed by atoms with Crippen LogP contribution in [-0.4, -0.2) is 32.4 Å². The Balaban J connectivity index is 0.00000400. The second-order valence-corrected chi connectivity index (χ2v) is 6.65. The molecule has 0 fully saturated rings. The van der Waals surface area contributed by atoms with Crippen molar-refractivity contribution in [1.29, 1.82) is 0 Å². The minimum atomic E-state index is -4.18. The first kappa shape index (κ1) is 21.7. The summed E-state index contributed by atoms with van der Waals surface area (Å²) >= 11 is 6.74. The molecule has 0 aromatic heterocycles. The fourth-order valence-electron chi connectivity index (χ4n) is 1.60. The molecule has 0 radical (unpaired) electrons. The monoisotopic (exact) mass is 452 g/mol. The Morgan fingerprint density at radius 2 is 1.67 bits per heavy atom. The largest absolute Gasteiger partial charge is 1.00 e. The van der Waals surface area contributed by atoms with Crippen molar-refractivity contribution in [3.05, 3.63) is 23.3 Å². The van der Waals surface area contributed by atoms with Gasteiger partial charge in [0, 0.05) is 27.5 Å². The maximum Gasteiger partial charge on any atom is 1.00 e. The van der Waals surface area contributed by atoms with E-state index in [1.165, 1.54) is 0 Å². The average molecular weight is 454 g/mol. The number of rotatable bonds is 8. The first-order valence-electron chi connectivity index (χ1n) is 5.79. The molecule has 0 aliphatic carbocycles. The van der Waals surface area contributed by atoms with Crippen LogP contribution >= 0.6 is 31.9 Å². The van der Waals surface area contributed by atoms with Gasteiger partial charge in [-0.05, 0) is 18.6 Å². The van der Waals surface area contributed by atoms with Crippen LogP contribution in [0.15, 0.2) is 12.1 Å². The van der Waals surface area contributed by atoms with Crippen molar-refractivity contribution in [2.75, 3.05) is 19.5 Å². The number of alkyl halides is 2. The van der Waals surface area contributed by atoms with Crippen LogP contribution in [0, 0.1) is 0 Å². The molecule has 0 heterocycles. The normalized spacial score (nSPS) is 10.9. The Morgan fingerprint density at radius 1 is 1.14 bits per heavy atom. The molecule has 5 nitrogen and oxygen atoms in total. The van der Waals surface area contributed by atoms with Crippen LogP contribution in [0.5, 0.6) is 11.5 Å². The van der Waals surface area contributed by atoms with Gasteiger partial charge < -0.3 is 14.0 Å². The minimum Gasteiger partial charge on any atom is -0.748 e. The molecule has 0 atom stereocenters.